The molecule has 0 atom stereocenters. The van der Waals surface area contributed by atoms with Gasteiger partial charge >= 0.3 is 0 Å². The number of hydrogen-bond donors (Lipinski definition) is 1. The Balaban J connectivity index is 0.00000210. The van der Waals surface area contributed by atoms with E-state index in [1.165, 1.54) is 0 Å². The van der Waals surface area contributed by atoms with Crippen LogP contribution in [0.2, 0.25) is 0 Å². The van der Waals surface area contributed by atoms with Crippen molar-refractivity contribution in [2.24, 2.45) is 0 Å². The van der Waals surface area contributed by atoms with Crippen molar-refractivity contribution in [3.63, 3.8) is 0 Å². The van der Waals surface area contributed by atoms with Crippen LogP contribution in [0.4, 0.5) is 5.69 Å². The molecule has 0 radical (unpaired) electrons. The quantitative estimate of drug-likeness (QED) is 0.719. The lowest BCUT2D eigenvalue weighted by Gasteiger charge is -2.35. The highest BCUT2D eigenvalue weighted by Crippen LogP contribution is 2.24. The van der Waals surface area contributed by atoms with Crippen LogP contribution in [0.3, 0.4) is 0 Å². The number of nitrogens with two attached hydrogens (primary N) is 1. The highest BCUT2D eigenvalue weighted by atomic mass is 35.5. The summed E-state index contributed by atoms with van der Waals surface area (Å²) >= 11 is 0. The van der Waals surface area contributed by atoms with Gasteiger partial charge in [-0.25, -0.2) is 0 Å². The number of hydrogen-bond acceptors (Lipinski definition) is 5. The molecule has 1 amide bonds. The van der Waals surface area contributed by atoms with Crippen LogP contribution < -0.4 is 15.2 Å². The molecule has 0 unspecified atom stereocenters. The molecule has 6 nitrogen and oxygen atoms in total. The fraction of sp³-hybridized carbons (Fsp3) is 0.381. The number of aryl methyl sites for hydroxylation is 1. The number of methoxy groups -OCH3 is 2. The molecule has 3 rings (SSSR count). The van der Waals surface area contributed by atoms with Gasteiger partial charge in [0.05, 0.1) is 14.2 Å². The standard InChI is InChI=1S/C21H27N3O3.2ClH/c1-15-4-5-17(22)12-20(15)21(25)24-8-6-23(7-9-24)14-16-10-18(26-2)13-19(11-16)27-3;;/h4-5,10-13H,6-9,14,22H2,1-3H3;2*1H. The summed E-state index contributed by atoms with van der Waals surface area (Å²) < 4.78 is 10.7. The molecule has 0 bridgehead atoms. The van der Waals surface area contributed by atoms with Crippen LogP contribution in [0.5, 0.6) is 11.5 Å². The van der Waals surface area contributed by atoms with Crippen LogP contribution in [0.15, 0.2) is 36.4 Å². The molecule has 1 heterocycles. The first-order valence-electron chi connectivity index (χ1n) is 9.10. The first-order chi connectivity index (χ1) is 13.0. The van der Waals surface area contributed by atoms with Crippen molar-refractivity contribution in [1.29, 1.82) is 0 Å². The smallest absolute Gasteiger partial charge is 0.254 e. The Hall–Kier alpha value is -2.15. The lowest BCUT2D eigenvalue weighted by Crippen LogP contribution is -2.48. The van der Waals surface area contributed by atoms with E-state index >= 15 is 0 Å². The van der Waals surface area contributed by atoms with Crippen molar-refractivity contribution in [3.8, 4) is 11.5 Å². The van der Waals surface area contributed by atoms with Crippen LogP contribution in [-0.4, -0.2) is 56.1 Å². The lowest BCUT2D eigenvalue weighted by molar-refractivity contribution is 0.0627. The molecule has 0 saturated carbocycles. The second-order valence-corrected chi connectivity index (χ2v) is 6.86. The topological polar surface area (TPSA) is 68.0 Å². The summed E-state index contributed by atoms with van der Waals surface area (Å²) in [6, 6.07) is 11.4. The number of rotatable bonds is 5. The van der Waals surface area contributed by atoms with Crippen molar-refractivity contribution in [2.45, 2.75) is 13.5 Å². The number of nitrogens with zero attached hydrogens (tertiary/aromatic N) is 2. The predicted octanol–water partition coefficient (Wildman–Crippen LogP) is 3.40. The van der Waals surface area contributed by atoms with Crippen molar-refractivity contribution in [1.82, 2.24) is 9.80 Å². The molecule has 0 spiro atoms. The molecular formula is C21H29Cl2N3O3. The van der Waals surface area contributed by atoms with E-state index in [9.17, 15) is 4.79 Å². The minimum atomic E-state index is 0. The second-order valence-electron chi connectivity index (χ2n) is 6.86. The van der Waals surface area contributed by atoms with Crippen LogP contribution in [0, 0.1) is 6.92 Å². The summed E-state index contributed by atoms with van der Waals surface area (Å²) in [5, 5.41) is 0. The number of piperazine rings is 1. The van der Waals surface area contributed by atoms with E-state index in [2.05, 4.69) is 4.90 Å². The van der Waals surface area contributed by atoms with Gasteiger partial charge in [0.15, 0.2) is 0 Å². The third-order valence-electron chi connectivity index (χ3n) is 4.97. The Kier molecular flexibility index (Phi) is 9.56. The predicted molar refractivity (Wildman–Crippen MR) is 121 cm³/mol. The average molecular weight is 442 g/mol. The number of halogens is 2. The zero-order chi connectivity index (χ0) is 19.4. The van der Waals surface area contributed by atoms with Crippen LogP contribution >= 0.6 is 24.8 Å². The summed E-state index contributed by atoms with van der Waals surface area (Å²) in [5.74, 6) is 1.63. The molecule has 8 heteroatoms. The molecule has 1 aliphatic rings. The minimum Gasteiger partial charge on any atom is -0.497 e. The largest absolute Gasteiger partial charge is 0.497 e. The maximum Gasteiger partial charge on any atom is 0.254 e. The number of nitrogen functional groups attached to an aromatic ring is 1. The average Bonchev–Trinajstić information content (AvgIpc) is 2.69. The van der Waals surface area contributed by atoms with Gasteiger partial charge in [-0.05, 0) is 42.3 Å². The molecule has 29 heavy (non-hydrogen) atoms. The fourth-order valence-corrected chi connectivity index (χ4v) is 3.37. The van der Waals surface area contributed by atoms with Gasteiger partial charge in [0.2, 0.25) is 0 Å². The molecule has 2 aromatic carbocycles. The summed E-state index contributed by atoms with van der Waals surface area (Å²) in [6.45, 7) is 5.80. The summed E-state index contributed by atoms with van der Waals surface area (Å²) in [7, 11) is 3.31. The fourth-order valence-electron chi connectivity index (χ4n) is 3.37. The molecule has 1 aliphatic heterocycles. The van der Waals surface area contributed by atoms with Gasteiger partial charge in [0, 0.05) is 50.0 Å². The Labute approximate surface area is 184 Å². The van der Waals surface area contributed by atoms with Crippen LogP contribution in [0.1, 0.15) is 21.5 Å². The van der Waals surface area contributed by atoms with Crippen molar-refractivity contribution >= 4 is 36.4 Å². The maximum atomic E-state index is 12.8. The van der Waals surface area contributed by atoms with Crippen molar-refractivity contribution in [2.75, 3.05) is 46.1 Å². The van der Waals surface area contributed by atoms with E-state index in [4.69, 9.17) is 15.2 Å². The number of ether oxygens (including phenoxy) is 2. The molecule has 2 aromatic rings. The number of carbonyl (C=O) groups is 1. The zero-order valence-corrected chi connectivity index (χ0v) is 18.6. The lowest BCUT2D eigenvalue weighted by atomic mass is 10.1. The third kappa shape index (κ3) is 6.16. The Morgan fingerprint density at radius 2 is 1.55 bits per heavy atom. The summed E-state index contributed by atoms with van der Waals surface area (Å²) in [5.41, 5.74) is 9.26. The van der Waals surface area contributed by atoms with E-state index in [0.717, 1.165) is 42.3 Å². The van der Waals surface area contributed by atoms with Gasteiger partial charge in [0.1, 0.15) is 11.5 Å². The van der Waals surface area contributed by atoms with Gasteiger partial charge in [-0.2, -0.15) is 0 Å². The second kappa shape index (κ2) is 11.1. The maximum absolute atomic E-state index is 12.8. The number of amides is 1. The minimum absolute atomic E-state index is 0. The van der Waals surface area contributed by atoms with E-state index in [-0.39, 0.29) is 30.7 Å². The molecule has 160 valence electrons. The van der Waals surface area contributed by atoms with Crippen molar-refractivity contribution in [3.05, 3.63) is 53.1 Å². The highest BCUT2D eigenvalue weighted by Gasteiger charge is 2.23. The number of carbonyl (C=O) groups excluding carboxylic acids is 1. The summed E-state index contributed by atoms with van der Waals surface area (Å²) in [4.78, 5) is 17.1. The van der Waals surface area contributed by atoms with E-state index in [1.807, 2.05) is 42.2 Å². The van der Waals surface area contributed by atoms with Crippen LogP contribution in [0.25, 0.3) is 0 Å². The first-order valence-corrected chi connectivity index (χ1v) is 9.10. The Bertz CT molecular complexity index is 803. The Morgan fingerprint density at radius 3 is 2.10 bits per heavy atom. The van der Waals surface area contributed by atoms with Gasteiger partial charge < -0.3 is 20.1 Å². The van der Waals surface area contributed by atoms with Crippen molar-refractivity contribution < 1.29 is 14.3 Å². The van der Waals surface area contributed by atoms with E-state index in [1.54, 1.807) is 20.3 Å². The molecule has 2 N–H and O–H groups in total. The first kappa shape index (κ1) is 24.9. The van der Waals surface area contributed by atoms with E-state index in [0.29, 0.717) is 24.3 Å². The summed E-state index contributed by atoms with van der Waals surface area (Å²) in [6.07, 6.45) is 0. The van der Waals surface area contributed by atoms with Gasteiger partial charge in [-0.1, -0.05) is 6.07 Å². The van der Waals surface area contributed by atoms with Crippen LogP contribution in [-0.2, 0) is 6.54 Å². The number of benzene rings is 2. The van der Waals surface area contributed by atoms with Gasteiger partial charge in [-0.15, -0.1) is 24.8 Å². The molecule has 1 fully saturated rings. The molecule has 0 aromatic heterocycles. The third-order valence-corrected chi connectivity index (χ3v) is 4.97. The van der Waals surface area contributed by atoms with Gasteiger partial charge in [-0.3, -0.25) is 9.69 Å². The van der Waals surface area contributed by atoms with Gasteiger partial charge in [0.25, 0.3) is 5.91 Å². The SMILES string of the molecule is COc1cc(CN2CCN(C(=O)c3cc(N)ccc3C)CC2)cc(OC)c1.Cl.Cl. The molecular weight excluding hydrogens is 413 g/mol. The Morgan fingerprint density at radius 1 is 0.966 bits per heavy atom. The number of anilines is 1. The zero-order valence-electron chi connectivity index (χ0n) is 17.0. The molecule has 1 saturated heterocycles. The normalized spacial score (nSPS) is 13.8. The highest BCUT2D eigenvalue weighted by molar-refractivity contribution is 5.96. The monoisotopic (exact) mass is 441 g/mol. The van der Waals surface area contributed by atoms with E-state index < -0.39 is 0 Å². The molecule has 0 aliphatic carbocycles.